The summed E-state index contributed by atoms with van der Waals surface area (Å²) in [6.45, 7) is 12.8. The molecule has 2 aromatic carbocycles. The van der Waals surface area contributed by atoms with E-state index in [-0.39, 0.29) is 5.78 Å². The first-order valence-electron chi connectivity index (χ1n) is 9.38. The second-order valence-corrected chi connectivity index (χ2v) is 7.73. The maximum atomic E-state index is 12.9. The van der Waals surface area contributed by atoms with Crippen molar-refractivity contribution in [2.75, 3.05) is 0 Å². The van der Waals surface area contributed by atoms with Crippen LogP contribution in [0.5, 0.6) is 0 Å². The van der Waals surface area contributed by atoms with Crippen LogP contribution >= 0.6 is 0 Å². The number of carbonyl (C=O) groups excluding carboxylic acids is 1. The van der Waals surface area contributed by atoms with E-state index in [1.54, 1.807) is 0 Å². The molecule has 0 heterocycles. The number of aryl methyl sites for hydroxylation is 4. The van der Waals surface area contributed by atoms with Crippen molar-refractivity contribution in [2.24, 2.45) is 0 Å². The Morgan fingerprint density at radius 1 is 0.615 bits per heavy atom. The number of hydrogen-bond donors (Lipinski definition) is 0. The number of hydrogen-bond acceptors (Lipinski definition) is 1. The van der Waals surface area contributed by atoms with Crippen molar-refractivity contribution >= 4 is 17.9 Å². The van der Waals surface area contributed by atoms with Crippen LogP contribution in [0.3, 0.4) is 0 Å². The standard InChI is InChI=1S/C25H28O/c1-15-9-21(10-16(2)19(15)5)13-23-7-8-24(25(23)26)14-22-11-17(3)20(6)18(4)12-22/h9-14H,7-8H2,1-6H3. The molecular formula is C25H28O. The highest BCUT2D eigenvalue weighted by Gasteiger charge is 2.23. The van der Waals surface area contributed by atoms with Crippen LogP contribution < -0.4 is 0 Å². The zero-order valence-electron chi connectivity index (χ0n) is 16.8. The lowest BCUT2D eigenvalue weighted by Crippen LogP contribution is -1.97. The Labute approximate surface area is 157 Å². The van der Waals surface area contributed by atoms with Gasteiger partial charge in [-0.2, -0.15) is 0 Å². The summed E-state index contributed by atoms with van der Waals surface area (Å²) in [5.74, 6) is 0.205. The Morgan fingerprint density at radius 2 is 0.923 bits per heavy atom. The highest BCUT2D eigenvalue weighted by Crippen LogP contribution is 2.30. The predicted molar refractivity (Wildman–Crippen MR) is 112 cm³/mol. The molecule has 2 aromatic rings. The number of carbonyl (C=O) groups is 1. The zero-order valence-corrected chi connectivity index (χ0v) is 16.8. The van der Waals surface area contributed by atoms with Crippen molar-refractivity contribution in [3.05, 3.63) is 79.9 Å². The van der Waals surface area contributed by atoms with E-state index in [0.717, 1.165) is 35.1 Å². The third-order valence-electron chi connectivity index (χ3n) is 5.83. The highest BCUT2D eigenvalue weighted by molar-refractivity contribution is 6.15. The van der Waals surface area contributed by atoms with Crippen molar-refractivity contribution in [1.29, 1.82) is 0 Å². The SMILES string of the molecule is Cc1cc(C=C2CCC(=Cc3cc(C)c(C)c(C)c3)C2=O)cc(C)c1C. The molecule has 0 saturated heterocycles. The molecule has 0 amide bonds. The van der Waals surface area contributed by atoms with Gasteiger partial charge in [-0.05, 0) is 111 Å². The van der Waals surface area contributed by atoms with Gasteiger partial charge in [0.15, 0.2) is 5.78 Å². The summed E-state index contributed by atoms with van der Waals surface area (Å²) in [5.41, 5.74) is 11.9. The van der Waals surface area contributed by atoms with Gasteiger partial charge >= 0.3 is 0 Å². The zero-order chi connectivity index (χ0) is 19.0. The van der Waals surface area contributed by atoms with Gasteiger partial charge < -0.3 is 0 Å². The minimum absolute atomic E-state index is 0.205. The van der Waals surface area contributed by atoms with Gasteiger partial charge in [-0.1, -0.05) is 24.3 Å². The van der Waals surface area contributed by atoms with Gasteiger partial charge in [0.2, 0.25) is 0 Å². The van der Waals surface area contributed by atoms with Crippen LogP contribution in [-0.4, -0.2) is 5.78 Å². The maximum absolute atomic E-state index is 12.9. The lowest BCUT2D eigenvalue weighted by atomic mass is 9.98. The third-order valence-corrected chi connectivity index (χ3v) is 5.83. The molecule has 134 valence electrons. The number of allylic oxidation sites excluding steroid dienone is 2. The van der Waals surface area contributed by atoms with Gasteiger partial charge in [-0.3, -0.25) is 4.79 Å². The third kappa shape index (κ3) is 3.58. The molecule has 1 aliphatic carbocycles. The van der Waals surface area contributed by atoms with E-state index in [0.29, 0.717) is 0 Å². The molecule has 1 heteroatoms. The van der Waals surface area contributed by atoms with E-state index in [4.69, 9.17) is 0 Å². The fourth-order valence-electron chi connectivity index (χ4n) is 3.69. The van der Waals surface area contributed by atoms with E-state index in [1.165, 1.54) is 33.4 Å². The van der Waals surface area contributed by atoms with Gasteiger partial charge in [0.1, 0.15) is 0 Å². The van der Waals surface area contributed by atoms with E-state index in [2.05, 4.69) is 78.0 Å². The minimum atomic E-state index is 0.205. The molecule has 0 radical (unpaired) electrons. The highest BCUT2D eigenvalue weighted by atomic mass is 16.1. The van der Waals surface area contributed by atoms with Crippen molar-refractivity contribution in [2.45, 2.75) is 54.4 Å². The summed E-state index contributed by atoms with van der Waals surface area (Å²) in [4.78, 5) is 12.9. The largest absolute Gasteiger partial charge is 0.289 e. The Hall–Kier alpha value is -2.41. The van der Waals surface area contributed by atoms with E-state index in [1.807, 2.05) is 0 Å². The molecule has 1 aliphatic rings. The van der Waals surface area contributed by atoms with Gasteiger partial charge in [0, 0.05) is 11.1 Å². The summed E-state index contributed by atoms with van der Waals surface area (Å²) in [7, 11) is 0. The topological polar surface area (TPSA) is 17.1 Å². The summed E-state index contributed by atoms with van der Waals surface area (Å²) in [6, 6.07) is 8.71. The monoisotopic (exact) mass is 344 g/mol. The molecule has 0 spiro atoms. The van der Waals surface area contributed by atoms with Gasteiger partial charge in [-0.25, -0.2) is 0 Å². The molecule has 26 heavy (non-hydrogen) atoms. The summed E-state index contributed by atoms with van der Waals surface area (Å²) in [6.07, 6.45) is 5.82. The van der Waals surface area contributed by atoms with E-state index >= 15 is 0 Å². The first-order valence-corrected chi connectivity index (χ1v) is 9.38. The van der Waals surface area contributed by atoms with Crippen LogP contribution in [0.2, 0.25) is 0 Å². The van der Waals surface area contributed by atoms with Crippen LogP contribution in [0.4, 0.5) is 0 Å². The predicted octanol–water partition coefficient (Wildman–Crippen LogP) is 6.37. The summed E-state index contributed by atoms with van der Waals surface area (Å²) >= 11 is 0. The fourth-order valence-corrected chi connectivity index (χ4v) is 3.69. The van der Waals surface area contributed by atoms with Crippen LogP contribution in [0.1, 0.15) is 57.3 Å². The van der Waals surface area contributed by atoms with Gasteiger partial charge in [-0.15, -0.1) is 0 Å². The molecule has 0 atom stereocenters. The average Bonchev–Trinajstić information content (AvgIpc) is 2.90. The van der Waals surface area contributed by atoms with Crippen LogP contribution in [0.25, 0.3) is 12.2 Å². The summed E-state index contributed by atoms with van der Waals surface area (Å²) in [5, 5.41) is 0. The molecule has 1 nitrogen and oxygen atoms in total. The minimum Gasteiger partial charge on any atom is -0.289 e. The molecule has 0 aromatic heterocycles. The molecular weight excluding hydrogens is 316 g/mol. The molecule has 0 bridgehead atoms. The summed E-state index contributed by atoms with van der Waals surface area (Å²) < 4.78 is 0. The van der Waals surface area contributed by atoms with E-state index < -0.39 is 0 Å². The number of ketones is 1. The van der Waals surface area contributed by atoms with Gasteiger partial charge in [0.25, 0.3) is 0 Å². The van der Waals surface area contributed by atoms with Crippen molar-refractivity contribution in [3.63, 3.8) is 0 Å². The molecule has 1 saturated carbocycles. The van der Waals surface area contributed by atoms with Crippen LogP contribution in [-0.2, 0) is 4.79 Å². The second kappa shape index (κ2) is 7.07. The lowest BCUT2D eigenvalue weighted by Gasteiger charge is -2.07. The average molecular weight is 344 g/mol. The first-order chi connectivity index (χ1) is 12.3. The molecule has 0 unspecified atom stereocenters. The number of rotatable bonds is 2. The number of Topliss-reactive ketones (excluding diaryl/α,β-unsaturated/α-hetero) is 1. The quantitative estimate of drug-likeness (QED) is 0.579. The lowest BCUT2D eigenvalue weighted by molar-refractivity contribution is -0.111. The molecule has 3 rings (SSSR count). The normalized spacial score (nSPS) is 17.5. The maximum Gasteiger partial charge on any atom is 0.185 e. The molecule has 0 N–H and O–H groups in total. The van der Waals surface area contributed by atoms with E-state index in [9.17, 15) is 4.79 Å². The van der Waals surface area contributed by atoms with Gasteiger partial charge in [0.05, 0.1) is 0 Å². The first kappa shape index (κ1) is 18.4. The number of benzene rings is 2. The Kier molecular flexibility index (Phi) is 5.00. The Bertz CT molecular complexity index is 831. The smallest absolute Gasteiger partial charge is 0.185 e. The van der Waals surface area contributed by atoms with Crippen molar-refractivity contribution in [1.82, 2.24) is 0 Å². The Balaban J connectivity index is 1.91. The molecule has 1 fully saturated rings. The van der Waals surface area contributed by atoms with Crippen LogP contribution in [0, 0.1) is 41.5 Å². The van der Waals surface area contributed by atoms with Crippen molar-refractivity contribution in [3.8, 4) is 0 Å². The fraction of sp³-hybridized carbons (Fsp3) is 0.320. The van der Waals surface area contributed by atoms with Crippen molar-refractivity contribution < 1.29 is 4.79 Å². The Morgan fingerprint density at radius 3 is 1.23 bits per heavy atom. The van der Waals surface area contributed by atoms with Crippen LogP contribution in [0.15, 0.2) is 35.4 Å². The molecule has 0 aliphatic heterocycles. The second-order valence-electron chi connectivity index (χ2n) is 7.73.